The van der Waals surface area contributed by atoms with Crippen LogP contribution in [0.2, 0.25) is 0 Å². The average Bonchev–Trinajstić information content (AvgIpc) is 3.02. The highest BCUT2D eigenvalue weighted by Gasteiger charge is 2.26. The number of nitrogens with zero attached hydrogens (tertiary/aromatic N) is 3. The van der Waals surface area contributed by atoms with Crippen molar-refractivity contribution in [2.24, 2.45) is 0 Å². The molecule has 7 heteroatoms. The SMILES string of the molecule is Cc1cc(C(=O)N2CCN(C(=O)Oc3ccccc3)CC2)n[nH]1. The highest BCUT2D eigenvalue weighted by Crippen LogP contribution is 2.13. The van der Waals surface area contributed by atoms with Crippen LogP contribution in [0.15, 0.2) is 36.4 Å². The number of piperazine rings is 1. The number of hydrogen-bond acceptors (Lipinski definition) is 4. The van der Waals surface area contributed by atoms with Gasteiger partial charge in [0.1, 0.15) is 11.4 Å². The van der Waals surface area contributed by atoms with Crippen molar-refractivity contribution in [3.63, 3.8) is 0 Å². The number of carbonyl (C=O) groups excluding carboxylic acids is 2. The van der Waals surface area contributed by atoms with E-state index in [4.69, 9.17) is 4.74 Å². The number of H-pyrrole nitrogens is 1. The van der Waals surface area contributed by atoms with Crippen LogP contribution in [-0.2, 0) is 0 Å². The van der Waals surface area contributed by atoms with Gasteiger partial charge in [-0.05, 0) is 25.1 Å². The van der Waals surface area contributed by atoms with Crippen LogP contribution in [0.3, 0.4) is 0 Å². The van der Waals surface area contributed by atoms with E-state index in [-0.39, 0.29) is 12.0 Å². The maximum absolute atomic E-state index is 12.3. The molecule has 1 saturated heterocycles. The van der Waals surface area contributed by atoms with Gasteiger partial charge in [-0.3, -0.25) is 9.89 Å². The number of amides is 2. The molecule has 1 N–H and O–H groups in total. The maximum atomic E-state index is 12.3. The predicted molar refractivity (Wildman–Crippen MR) is 83.3 cm³/mol. The van der Waals surface area contributed by atoms with Gasteiger partial charge in [0.15, 0.2) is 0 Å². The van der Waals surface area contributed by atoms with Gasteiger partial charge in [-0.2, -0.15) is 5.10 Å². The zero-order valence-corrected chi connectivity index (χ0v) is 12.9. The molecule has 1 aromatic carbocycles. The van der Waals surface area contributed by atoms with E-state index in [1.54, 1.807) is 28.0 Å². The summed E-state index contributed by atoms with van der Waals surface area (Å²) < 4.78 is 5.30. The van der Waals surface area contributed by atoms with Gasteiger partial charge in [-0.15, -0.1) is 0 Å². The molecular weight excluding hydrogens is 296 g/mol. The van der Waals surface area contributed by atoms with Gasteiger partial charge in [0.05, 0.1) is 0 Å². The molecule has 7 nitrogen and oxygen atoms in total. The van der Waals surface area contributed by atoms with Crippen LogP contribution in [0.25, 0.3) is 0 Å². The maximum Gasteiger partial charge on any atom is 0.415 e. The standard InChI is InChI=1S/C16H18N4O3/c1-12-11-14(18-17-12)15(21)19-7-9-20(10-8-19)16(22)23-13-5-3-2-4-6-13/h2-6,11H,7-10H2,1H3,(H,17,18). The van der Waals surface area contributed by atoms with Crippen molar-refractivity contribution < 1.29 is 14.3 Å². The number of para-hydroxylation sites is 1. The third-order valence-electron chi connectivity index (χ3n) is 3.70. The van der Waals surface area contributed by atoms with E-state index in [9.17, 15) is 9.59 Å². The van der Waals surface area contributed by atoms with E-state index in [1.807, 2.05) is 25.1 Å². The summed E-state index contributed by atoms with van der Waals surface area (Å²) in [4.78, 5) is 27.7. The van der Waals surface area contributed by atoms with Gasteiger partial charge in [-0.1, -0.05) is 18.2 Å². The van der Waals surface area contributed by atoms with Crippen LogP contribution in [0.4, 0.5) is 4.79 Å². The Morgan fingerprint density at radius 1 is 1.09 bits per heavy atom. The van der Waals surface area contributed by atoms with Crippen LogP contribution < -0.4 is 4.74 Å². The Bertz CT molecular complexity index is 690. The molecule has 0 saturated carbocycles. The monoisotopic (exact) mass is 314 g/mol. The first kappa shape index (κ1) is 15.1. The van der Waals surface area contributed by atoms with Crippen LogP contribution in [0.5, 0.6) is 5.75 Å². The first-order valence-corrected chi connectivity index (χ1v) is 7.46. The second-order valence-electron chi connectivity index (χ2n) is 5.40. The largest absolute Gasteiger partial charge is 0.415 e. The number of hydrogen-bond donors (Lipinski definition) is 1. The first-order valence-electron chi connectivity index (χ1n) is 7.46. The molecule has 1 aliphatic rings. The molecule has 1 aromatic heterocycles. The Morgan fingerprint density at radius 3 is 2.35 bits per heavy atom. The highest BCUT2D eigenvalue weighted by molar-refractivity contribution is 5.92. The van der Waals surface area contributed by atoms with Gasteiger partial charge < -0.3 is 14.5 Å². The lowest BCUT2D eigenvalue weighted by molar-refractivity contribution is 0.0628. The van der Waals surface area contributed by atoms with Crippen LogP contribution >= 0.6 is 0 Å². The minimum absolute atomic E-state index is 0.120. The van der Waals surface area contributed by atoms with Gasteiger partial charge in [0, 0.05) is 31.9 Å². The number of rotatable bonds is 2. The molecule has 1 fully saturated rings. The zero-order valence-electron chi connectivity index (χ0n) is 12.9. The Kier molecular flexibility index (Phi) is 4.27. The zero-order chi connectivity index (χ0) is 16.2. The number of benzene rings is 1. The number of nitrogens with one attached hydrogen (secondary N) is 1. The lowest BCUT2D eigenvalue weighted by Crippen LogP contribution is -2.51. The van der Waals surface area contributed by atoms with Gasteiger partial charge in [0.25, 0.3) is 5.91 Å². The van der Waals surface area contributed by atoms with Crippen LogP contribution in [0.1, 0.15) is 16.2 Å². The van der Waals surface area contributed by atoms with Crippen LogP contribution in [0, 0.1) is 6.92 Å². The normalized spacial score (nSPS) is 14.7. The number of carbonyl (C=O) groups is 2. The first-order chi connectivity index (χ1) is 11.1. The fourth-order valence-electron chi connectivity index (χ4n) is 2.44. The Labute approximate surface area is 133 Å². The fraction of sp³-hybridized carbons (Fsp3) is 0.312. The van der Waals surface area contributed by atoms with E-state index in [0.29, 0.717) is 37.6 Å². The molecule has 2 heterocycles. The highest BCUT2D eigenvalue weighted by atomic mass is 16.6. The van der Waals surface area contributed by atoms with Crippen molar-refractivity contribution in [1.82, 2.24) is 20.0 Å². The molecule has 23 heavy (non-hydrogen) atoms. The summed E-state index contributed by atoms with van der Waals surface area (Å²) in [7, 11) is 0. The molecule has 120 valence electrons. The average molecular weight is 314 g/mol. The van der Waals surface area contributed by atoms with Crippen LogP contribution in [-0.4, -0.2) is 58.2 Å². The molecule has 0 bridgehead atoms. The lowest BCUT2D eigenvalue weighted by atomic mass is 10.2. The molecule has 1 aliphatic heterocycles. The number of ether oxygens (including phenoxy) is 1. The summed E-state index contributed by atoms with van der Waals surface area (Å²) in [6.45, 7) is 3.67. The molecule has 0 unspecified atom stereocenters. The van der Waals surface area contributed by atoms with E-state index in [2.05, 4.69) is 10.2 Å². The predicted octanol–water partition coefficient (Wildman–Crippen LogP) is 1.67. The van der Waals surface area contributed by atoms with Gasteiger partial charge in [0.2, 0.25) is 0 Å². The minimum atomic E-state index is -0.390. The van der Waals surface area contributed by atoms with E-state index in [0.717, 1.165) is 5.69 Å². The summed E-state index contributed by atoms with van der Waals surface area (Å²) >= 11 is 0. The van der Waals surface area contributed by atoms with E-state index < -0.39 is 0 Å². The quantitative estimate of drug-likeness (QED) is 0.914. The summed E-state index contributed by atoms with van der Waals surface area (Å²) in [6, 6.07) is 10.7. The molecule has 0 aliphatic carbocycles. The Hall–Kier alpha value is -2.83. The van der Waals surface area contributed by atoms with Crippen molar-refractivity contribution in [1.29, 1.82) is 0 Å². The molecule has 0 atom stereocenters. The Morgan fingerprint density at radius 2 is 1.74 bits per heavy atom. The number of aryl methyl sites for hydroxylation is 1. The van der Waals surface area contributed by atoms with Gasteiger partial charge >= 0.3 is 6.09 Å². The van der Waals surface area contributed by atoms with Gasteiger partial charge in [-0.25, -0.2) is 4.79 Å². The minimum Gasteiger partial charge on any atom is -0.410 e. The number of aromatic amines is 1. The topological polar surface area (TPSA) is 78.5 Å². The van der Waals surface area contributed by atoms with Crippen molar-refractivity contribution in [3.8, 4) is 5.75 Å². The fourth-order valence-corrected chi connectivity index (χ4v) is 2.44. The molecular formula is C16H18N4O3. The van der Waals surface area contributed by atoms with Crippen molar-refractivity contribution in [2.75, 3.05) is 26.2 Å². The summed E-state index contributed by atoms with van der Waals surface area (Å²) in [5.41, 5.74) is 1.25. The molecule has 2 aromatic rings. The van der Waals surface area contributed by atoms with Crippen molar-refractivity contribution in [2.45, 2.75) is 6.92 Å². The molecule has 0 spiro atoms. The summed E-state index contributed by atoms with van der Waals surface area (Å²) in [5.74, 6) is 0.397. The second-order valence-corrected chi connectivity index (χ2v) is 5.40. The summed E-state index contributed by atoms with van der Waals surface area (Å²) in [6.07, 6.45) is -0.390. The van der Waals surface area contributed by atoms with E-state index in [1.165, 1.54) is 0 Å². The molecule has 0 radical (unpaired) electrons. The smallest absolute Gasteiger partial charge is 0.410 e. The molecule has 3 rings (SSSR count). The lowest BCUT2D eigenvalue weighted by Gasteiger charge is -2.33. The van der Waals surface area contributed by atoms with E-state index >= 15 is 0 Å². The molecule has 2 amide bonds. The Balaban J connectivity index is 1.54. The number of aromatic nitrogens is 2. The summed E-state index contributed by atoms with van der Waals surface area (Å²) in [5, 5.41) is 6.74. The third kappa shape index (κ3) is 3.50. The second kappa shape index (κ2) is 6.51. The van der Waals surface area contributed by atoms with Crippen molar-refractivity contribution >= 4 is 12.0 Å². The third-order valence-corrected chi connectivity index (χ3v) is 3.70. The van der Waals surface area contributed by atoms with Crippen molar-refractivity contribution in [3.05, 3.63) is 47.8 Å².